The number of piperidine rings is 1. The normalized spacial score (nSPS) is 15.2. The highest BCUT2D eigenvalue weighted by molar-refractivity contribution is 6.06. The fraction of sp³-hybridized carbons (Fsp3) is 0.400. The Morgan fingerprint density at radius 1 is 1.25 bits per heavy atom. The van der Waals surface area contributed by atoms with E-state index in [1.807, 2.05) is 27.0 Å². The number of likely N-dealkylation sites (tertiary alicyclic amines) is 1. The van der Waals surface area contributed by atoms with E-state index in [9.17, 15) is 9.59 Å². The minimum absolute atomic E-state index is 0.0219. The Balaban J connectivity index is 1.46. The summed E-state index contributed by atoms with van der Waals surface area (Å²) >= 11 is 0. The summed E-state index contributed by atoms with van der Waals surface area (Å²) in [4.78, 5) is 31.6. The van der Waals surface area contributed by atoms with Crippen LogP contribution in [0.3, 0.4) is 0 Å². The fourth-order valence-electron chi connectivity index (χ4n) is 3.80. The van der Waals surface area contributed by atoms with Crippen LogP contribution in [0.2, 0.25) is 0 Å². The molecule has 0 bridgehead atoms. The summed E-state index contributed by atoms with van der Waals surface area (Å²) in [6.07, 6.45) is 2.91. The van der Waals surface area contributed by atoms with Crippen molar-refractivity contribution in [2.75, 3.05) is 13.1 Å². The molecule has 3 aromatic heterocycles. The van der Waals surface area contributed by atoms with Gasteiger partial charge in [-0.2, -0.15) is 5.10 Å². The minimum Gasteiger partial charge on any atom is -0.459 e. The fourth-order valence-corrected chi connectivity index (χ4v) is 3.80. The standard InChI is InChI=1S/C20H23N5O3/c1-12-11-15(17-13(2)23-24(3)18(17)21-12)19(26)22-14-6-8-25(9-7-14)20(27)16-5-4-10-28-16/h4-5,10-11,14H,6-9H2,1-3H3,(H,22,26). The molecule has 8 nitrogen and oxygen atoms in total. The van der Waals surface area contributed by atoms with Crippen molar-refractivity contribution in [2.24, 2.45) is 7.05 Å². The van der Waals surface area contributed by atoms with Gasteiger partial charge in [0.25, 0.3) is 11.8 Å². The van der Waals surface area contributed by atoms with Gasteiger partial charge in [-0.3, -0.25) is 14.3 Å². The molecule has 146 valence electrons. The molecular weight excluding hydrogens is 358 g/mol. The molecule has 0 atom stereocenters. The number of nitrogens with zero attached hydrogens (tertiary/aromatic N) is 4. The van der Waals surface area contributed by atoms with E-state index in [1.54, 1.807) is 21.7 Å². The van der Waals surface area contributed by atoms with Crippen LogP contribution in [-0.2, 0) is 7.05 Å². The van der Waals surface area contributed by atoms with Crippen molar-refractivity contribution in [3.8, 4) is 0 Å². The number of hydrogen-bond donors (Lipinski definition) is 1. The molecule has 1 aliphatic heterocycles. The Labute approximate surface area is 162 Å². The zero-order chi connectivity index (χ0) is 19.8. The summed E-state index contributed by atoms with van der Waals surface area (Å²) < 4.78 is 6.89. The number of carbonyl (C=O) groups is 2. The molecule has 2 amide bonds. The molecule has 0 unspecified atom stereocenters. The summed E-state index contributed by atoms with van der Waals surface area (Å²) in [6, 6.07) is 5.21. The minimum atomic E-state index is -0.123. The predicted molar refractivity (Wildman–Crippen MR) is 103 cm³/mol. The van der Waals surface area contributed by atoms with E-state index < -0.39 is 0 Å². The van der Waals surface area contributed by atoms with Crippen LogP contribution in [0.1, 0.15) is 45.1 Å². The second kappa shape index (κ2) is 7.10. The third-order valence-electron chi connectivity index (χ3n) is 5.19. The van der Waals surface area contributed by atoms with Crippen LogP contribution in [0.15, 0.2) is 28.9 Å². The largest absolute Gasteiger partial charge is 0.459 e. The molecule has 4 heterocycles. The number of fused-ring (bicyclic) bond motifs is 1. The van der Waals surface area contributed by atoms with Crippen molar-refractivity contribution in [1.82, 2.24) is 25.0 Å². The molecule has 0 spiro atoms. The summed E-state index contributed by atoms with van der Waals surface area (Å²) in [5, 5.41) is 8.30. The Bertz CT molecular complexity index is 1030. The number of carbonyl (C=O) groups excluding carboxylic acids is 2. The van der Waals surface area contributed by atoms with Gasteiger partial charge in [0, 0.05) is 31.9 Å². The first-order valence-corrected chi connectivity index (χ1v) is 9.38. The number of hydrogen-bond acceptors (Lipinski definition) is 5. The van der Waals surface area contributed by atoms with Gasteiger partial charge in [-0.1, -0.05) is 0 Å². The van der Waals surface area contributed by atoms with Crippen LogP contribution >= 0.6 is 0 Å². The lowest BCUT2D eigenvalue weighted by Gasteiger charge is -2.32. The van der Waals surface area contributed by atoms with Crippen molar-refractivity contribution >= 4 is 22.8 Å². The molecule has 8 heteroatoms. The second-order valence-electron chi connectivity index (χ2n) is 7.24. The Morgan fingerprint density at radius 2 is 2.00 bits per heavy atom. The average molecular weight is 381 g/mol. The van der Waals surface area contributed by atoms with Crippen LogP contribution in [0.25, 0.3) is 11.0 Å². The molecule has 0 aromatic carbocycles. The number of pyridine rings is 1. The SMILES string of the molecule is Cc1cc(C(=O)NC2CCN(C(=O)c3ccco3)CC2)c2c(C)nn(C)c2n1. The third-order valence-corrected chi connectivity index (χ3v) is 5.19. The molecule has 28 heavy (non-hydrogen) atoms. The molecule has 4 rings (SSSR count). The number of nitrogens with one attached hydrogen (secondary N) is 1. The maximum atomic E-state index is 13.0. The van der Waals surface area contributed by atoms with Gasteiger partial charge in [0.15, 0.2) is 11.4 Å². The molecule has 0 radical (unpaired) electrons. The van der Waals surface area contributed by atoms with Crippen molar-refractivity contribution in [3.63, 3.8) is 0 Å². The van der Waals surface area contributed by atoms with E-state index in [0.29, 0.717) is 42.9 Å². The monoisotopic (exact) mass is 381 g/mol. The highest BCUT2D eigenvalue weighted by Crippen LogP contribution is 2.22. The van der Waals surface area contributed by atoms with Crippen molar-refractivity contribution in [3.05, 3.63) is 47.2 Å². The number of rotatable bonds is 3. The first-order chi connectivity index (χ1) is 13.4. The number of furan rings is 1. The molecular formula is C20H23N5O3. The maximum absolute atomic E-state index is 13.0. The van der Waals surface area contributed by atoms with Gasteiger partial charge in [0.05, 0.1) is 22.9 Å². The van der Waals surface area contributed by atoms with E-state index in [2.05, 4.69) is 15.4 Å². The van der Waals surface area contributed by atoms with Crippen molar-refractivity contribution in [1.29, 1.82) is 0 Å². The highest BCUT2D eigenvalue weighted by atomic mass is 16.3. The third kappa shape index (κ3) is 3.26. The Hall–Kier alpha value is -3.16. The van der Waals surface area contributed by atoms with Gasteiger partial charge in [-0.15, -0.1) is 0 Å². The topological polar surface area (TPSA) is 93.3 Å². The molecule has 0 aliphatic carbocycles. The van der Waals surface area contributed by atoms with Crippen molar-refractivity contribution in [2.45, 2.75) is 32.7 Å². The Morgan fingerprint density at radius 3 is 2.68 bits per heavy atom. The van der Waals surface area contributed by atoms with E-state index in [1.165, 1.54) is 6.26 Å². The number of amides is 2. The molecule has 1 fully saturated rings. The quantitative estimate of drug-likeness (QED) is 0.751. The zero-order valence-corrected chi connectivity index (χ0v) is 16.2. The summed E-state index contributed by atoms with van der Waals surface area (Å²) in [5.41, 5.74) is 2.87. The lowest BCUT2D eigenvalue weighted by molar-refractivity contribution is 0.0667. The highest BCUT2D eigenvalue weighted by Gasteiger charge is 2.27. The molecule has 1 saturated heterocycles. The van der Waals surface area contributed by atoms with Gasteiger partial charge < -0.3 is 14.6 Å². The molecule has 1 N–H and O–H groups in total. The van der Waals surface area contributed by atoms with Crippen LogP contribution in [0.5, 0.6) is 0 Å². The Kier molecular flexibility index (Phi) is 4.62. The maximum Gasteiger partial charge on any atom is 0.289 e. The van der Waals surface area contributed by atoms with Gasteiger partial charge >= 0.3 is 0 Å². The van der Waals surface area contributed by atoms with E-state index in [0.717, 1.165) is 16.8 Å². The number of aryl methyl sites for hydroxylation is 3. The van der Waals surface area contributed by atoms with Gasteiger partial charge in [-0.05, 0) is 44.9 Å². The summed E-state index contributed by atoms with van der Waals surface area (Å²) in [6.45, 7) is 4.93. The van der Waals surface area contributed by atoms with Gasteiger partial charge in [0.2, 0.25) is 0 Å². The second-order valence-corrected chi connectivity index (χ2v) is 7.24. The average Bonchev–Trinajstić information content (AvgIpc) is 3.30. The van der Waals surface area contributed by atoms with Gasteiger partial charge in [-0.25, -0.2) is 4.98 Å². The zero-order valence-electron chi connectivity index (χ0n) is 16.2. The molecule has 3 aromatic rings. The van der Waals surface area contributed by atoms with Crippen LogP contribution in [0.4, 0.5) is 0 Å². The van der Waals surface area contributed by atoms with E-state index in [-0.39, 0.29) is 17.9 Å². The van der Waals surface area contributed by atoms with Crippen molar-refractivity contribution < 1.29 is 14.0 Å². The van der Waals surface area contributed by atoms with E-state index in [4.69, 9.17) is 4.42 Å². The predicted octanol–water partition coefficient (Wildman–Crippen LogP) is 2.21. The smallest absolute Gasteiger partial charge is 0.289 e. The van der Waals surface area contributed by atoms with Crippen LogP contribution in [-0.4, -0.2) is 50.6 Å². The summed E-state index contributed by atoms with van der Waals surface area (Å²) in [7, 11) is 1.83. The molecule has 0 saturated carbocycles. The first-order valence-electron chi connectivity index (χ1n) is 9.38. The molecule has 1 aliphatic rings. The first kappa shape index (κ1) is 18.2. The van der Waals surface area contributed by atoms with E-state index >= 15 is 0 Å². The summed E-state index contributed by atoms with van der Waals surface area (Å²) in [5.74, 6) is 0.124. The lowest BCUT2D eigenvalue weighted by Crippen LogP contribution is -2.46. The van der Waals surface area contributed by atoms with Gasteiger partial charge in [0.1, 0.15) is 0 Å². The van der Waals surface area contributed by atoms with Crippen LogP contribution < -0.4 is 5.32 Å². The number of aromatic nitrogens is 3. The van der Waals surface area contributed by atoms with Crippen LogP contribution in [0, 0.1) is 13.8 Å². The lowest BCUT2D eigenvalue weighted by atomic mass is 10.0.